The Balaban J connectivity index is 2.80. The molecule has 1 aromatic heterocycles. The quantitative estimate of drug-likeness (QED) is 0.838. The molecule has 0 spiro atoms. The van der Waals surface area contributed by atoms with E-state index in [0.29, 0.717) is 13.0 Å². The molecule has 1 rings (SSSR count). The predicted molar refractivity (Wildman–Crippen MR) is 63.8 cm³/mol. The van der Waals surface area contributed by atoms with Crippen LogP contribution in [0.4, 0.5) is 19.0 Å². The van der Waals surface area contributed by atoms with Crippen molar-refractivity contribution < 1.29 is 17.9 Å². The molecule has 0 aliphatic rings. The summed E-state index contributed by atoms with van der Waals surface area (Å²) in [6.45, 7) is 2.34. The van der Waals surface area contributed by atoms with Crippen molar-refractivity contribution in [2.24, 2.45) is 0 Å². The molecule has 1 N–H and O–H groups in total. The van der Waals surface area contributed by atoms with Gasteiger partial charge in [0.1, 0.15) is 11.0 Å². The summed E-state index contributed by atoms with van der Waals surface area (Å²) in [5, 5.41) is 2.67. The van der Waals surface area contributed by atoms with Crippen molar-refractivity contribution >= 4 is 17.4 Å². The first-order chi connectivity index (χ1) is 8.32. The van der Waals surface area contributed by atoms with Gasteiger partial charge in [-0.25, -0.2) is 4.98 Å². The van der Waals surface area contributed by atoms with Crippen molar-refractivity contribution in [1.82, 2.24) is 4.98 Å². The van der Waals surface area contributed by atoms with Gasteiger partial charge in [-0.1, -0.05) is 11.6 Å². The molecule has 0 fully saturated rings. The molecule has 3 nitrogen and oxygen atoms in total. The Morgan fingerprint density at radius 3 is 2.67 bits per heavy atom. The van der Waals surface area contributed by atoms with E-state index in [1.165, 1.54) is 0 Å². The molecule has 18 heavy (non-hydrogen) atoms. The van der Waals surface area contributed by atoms with Crippen LogP contribution in [0.15, 0.2) is 12.1 Å². The maximum absolute atomic E-state index is 12.6. The van der Waals surface area contributed by atoms with E-state index in [-0.39, 0.29) is 17.0 Å². The van der Waals surface area contributed by atoms with E-state index in [2.05, 4.69) is 10.3 Å². The molecule has 102 valence electrons. The zero-order valence-electron chi connectivity index (χ0n) is 10.0. The summed E-state index contributed by atoms with van der Waals surface area (Å²) in [4.78, 5) is 3.81. The summed E-state index contributed by atoms with van der Waals surface area (Å²) in [6.07, 6.45) is -3.77. The van der Waals surface area contributed by atoms with Gasteiger partial charge < -0.3 is 10.1 Å². The second-order valence-corrected chi connectivity index (χ2v) is 4.28. The third kappa shape index (κ3) is 4.70. The highest BCUT2D eigenvalue weighted by molar-refractivity contribution is 6.29. The second kappa shape index (κ2) is 6.24. The SMILES string of the molecule is COCCC(C)Nc1cc(C(F)(F)F)cc(Cl)n1. The van der Waals surface area contributed by atoms with Gasteiger partial charge in [0.2, 0.25) is 0 Å². The van der Waals surface area contributed by atoms with E-state index in [1.807, 2.05) is 6.92 Å². The monoisotopic (exact) mass is 282 g/mol. The first kappa shape index (κ1) is 15.0. The van der Waals surface area contributed by atoms with Gasteiger partial charge in [0.15, 0.2) is 0 Å². The molecule has 1 unspecified atom stereocenters. The minimum absolute atomic E-state index is 0.0583. The van der Waals surface area contributed by atoms with Crippen LogP contribution in [-0.4, -0.2) is 24.7 Å². The minimum Gasteiger partial charge on any atom is -0.385 e. The van der Waals surface area contributed by atoms with Gasteiger partial charge in [-0.2, -0.15) is 13.2 Å². The van der Waals surface area contributed by atoms with Crippen LogP contribution in [0.25, 0.3) is 0 Å². The molecule has 1 heterocycles. The van der Waals surface area contributed by atoms with E-state index < -0.39 is 11.7 Å². The van der Waals surface area contributed by atoms with Crippen molar-refractivity contribution in [2.75, 3.05) is 19.0 Å². The highest BCUT2D eigenvalue weighted by atomic mass is 35.5. The fraction of sp³-hybridized carbons (Fsp3) is 0.545. The lowest BCUT2D eigenvalue weighted by Crippen LogP contribution is -2.18. The van der Waals surface area contributed by atoms with Crippen LogP contribution in [0.5, 0.6) is 0 Å². The topological polar surface area (TPSA) is 34.1 Å². The van der Waals surface area contributed by atoms with Crippen LogP contribution in [-0.2, 0) is 10.9 Å². The Morgan fingerprint density at radius 1 is 1.44 bits per heavy atom. The van der Waals surface area contributed by atoms with Gasteiger partial charge in [0.25, 0.3) is 0 Å². The van der Waals surface area contributed by atoms with E-state index in [1.54, 1.807) is 7.11 Å². The summed E-state index contributed by atoms with van der Waals surface area (Å²) in [5.41, 5.74) is -0.816. The molecule has 0 bridgehead atoms. The van der Waals surface area contributed by atoms with Gasteiger partial charge >= 0.3 is 6.18 Å². The highest BCUT2D eigenvalue weighted by Gasteiger charge is 2.31. The van der Waals surface area contributed by atoms with E-state index >= 15 is 0 Å². The first-order valence-corrected chi connectivity index (χ1v) is 5.71. The number of halogens is 4. The van der Waals surface area contributed by atoms with Crippen molar-refractivity contribution in [3.63, 3.8) is 0 Å². The molecule has 0 saturated carbocycles. The summed E-state index contributed by atoms with van der Waals surface area (Å²) >= 11 is 5.57. The smallest absolute Gasteiger partial charge is 0.385 e. The summed E-state index contributed by atoms with van der Waals surface area (Å²) in [6, 6.07) is 1.68. The lowest BCUT2D eigenvalue weighted by atomic mass is 10.2. The van der Waals surface area contributed by atoms with Crippen molar-refractivity contribution in [1.29, 1.82) is 0 Å². The zero-order valence-corrected chi connectivity index (χ0v) is 10.8. The van der Waals surface area contributed by atoms with Crippen molar-refractivity contribution in [2.45, 2.75) is 25.6 Å². The van der Waals surface area contributed by atoms with Crippen LogP contribution in [0.1, 0.15) is 18.9 Å². The van der Waals surface area contributed by atoms with Crippen LogP contribution in [0, 0.1) is 0 Å². The van der Waals surface area contributed by atoms with Gasteiger partial charge in [0.05, 0.1) is 5.56 Å². The number of aromatic nitrogens is 1. The normalized spacial score (nSPS) is 13.4. The molecule has 1 atom stereocenters. The molecule has 7 heteroatoms. The van der Waals surface area contributed by atoms with Gasteiger partial charge in [-0.3, -0.25) is 0 Å². The number of alkyl halides is 3. The van der Waals surface area contributed by atoms with Gasteiger partial charge in [-0.05, 0) is 25.5 Å². The standard InChI is InChI=1S/C11H14ClF3N2O/c1-7(3-4-18-2)16-10-6-8(11(13,14)15)5-9(12)17-10/h5-7H,3-4H2,1-2H3,(H,16,17). The number of nitrogens with one attached hydrogen (secondary N) is 1. The van der Waals surface area contributed by atoms with Crippen molar-refractivity contribution in [3.8, 4) is 0 Å². The highest BCUT2D eigenvalue weighted by Crippen LogP contribution is 2.32. The summed E-state index contributed by atoms with van der Waals surface area (Å²) < 4.78 is 42.5. The summed E-state index contributed by atoms with van der Waals surface area (Å²) in [7, 11) is 1.56. The minimum atomic E-state index is -4.43. The fourth-order valence-electron chi connectivity index (χ4n) is 1.35. The lowest BCUT2D eigenvalue weighted by Gasteiger charge is -2.15. The summed E-state index contributed by atoms with van der Waals surface area (Å²) in [5.74, 6) is 0.110. The largest absolute Gasteiger partial charge is 0.416 e. The number of nitrogens with zero attached hydrogens (tertiary/aromatic N) is 1. The Labute approximate surface area is 108 Å². The molecular weight excluding hydrogens is 269 g/mol. The van der Waals surface area contributed by atoms with Crippen LogP contribution in [0.3, 0.4) is 0 Å². The van der Waals surface area contributed by atoms with E-state index in [4.69, 9.17) is 16.3 Å². The Morgan fingerprint density at radius 2 is 2.11 bits per heavy atom. The molecule has 0 saturated heterocycles. The molecule has 0 amide bonds. The van der Waals surface area contributed by atoms with Crippen LogP contribution < -0.4 is 5.32 Å². The number of hydrogen-bond acceptors (Lipinski definition) is 3. The molecule has 0 aliphatic carbocycles. The molecular formula is C11H14ClF3N2O. The Bertz CT molecular complexity index is 398. The molecule has 0 aliphatic heterocycles. The van der Waals surface area contributed by atoms with Crippen LogP contribution >= 0.6 is 11.6 Å². The third-order valence-electron chi connectivity index (χ3n) is 2.27. The third-order valence-corrected chi connectivity index (χ3v) is 2.46. The fourth-order valence-corrected chi connectivity index (χ4v) is 1.56. The number of methoxy groups -OCH3 is 1. The number of ether oxygens (including phenoxy) is 1. The Kier molecular flexibility index (Phi) is 5.22. The number of pyridine rings is 1. The zero-order chi connectivity index (χ0) is 13.8. The predicted octanol–water partition coefficient (Wildman–Crippen LogP) is 3.59. The average molecular weight is 283 g/mol. The van der Waals surface area contributed by atoms with E-state index in [0.717, 1.165) is 12.1 Å². The lowest BCUT2D eigenvalue weighted by molar-refractivity contribution is -0.137. The molecule has 1 aromatic rings. The van der Waals surface area contributed by atoms with Crippen LogP contribution in [0.2, 0.25) is 5.15 Å². The first-order valence-electron chi connectivity index (χ1n) is 5.33. The number of rotatable bonds is 5. The average Bonchev–Trinajstić information content (AvgIpc) is 2.24. The number of anilines is 1. The molecule has 0 radical (unpaired) electrons. The van der Waals surface area contributed by atoms with E-state index in [9.17, 15) is 13.2 Å². The van der Waals surface area contributed by atoms with Gasteiger partial charge in [-0.15, -0.1) is 0 Å². The number of hydrogen-bond donors (Lipinski definition) is 1. The second-order valence-electron chi connectivity index (χ2n) is 3.89. The molecule has 0 aromatic carbocycles. The Hall–Kier alpha value is -1.01. The maximum atomic E-state index is 12.6. The van der Waals surface area contributed by atoms with Gasteiger partial charge in [0, 0.05) is 19.8 Å². The van der Waals surface area contributed by atoms with Crippen molar-refractivity contribution in [3.05, 3.63) is 22.8 Å². The maximum Gasteiger partial charge on any atom is 0.416 e.